The first kappa shape index (κ1) is 15.5. The van der Waals surface area contributed by atoms with Crippen molar-refractivity contribution in [3.05, 3.63) is 29.8 Å². The molecule has 1 aliphatic rings. The maximum absolute atomic E-state index is 12.9. The Labute approximate surface area is 122 Å². The van der Waals surface area contributed by atoms with Gasteiger partial charge in [-0.25, -0.2) is 8.42 Å². The van der Waals surface area contributed by atoms with Crippen molar-refractivity contribution in [3.8, 4) is 0 Å². The highest BCUT2D eigenvalue weighted by Crippen LogP contribution is 2.29. The third-order valence-corrected chi connectivity index (χ3v) is 6.03. The molecule has 0 amide bonds. The van der Waals surface area contributed by atoms with Crippen molar-refractivity contribution in [2.75, 3.05) is 6.54 Å². The molecule has 2 rings (SSSR count). The molecule has 0 aromatic heterocycles. The van der Waals surface area contributed by atoms with Crippen LogP contribution in [0.5, 0.6) is 0 Å². The van der Waals surface area contributed by atoms with Crippen molar-refractivity contribution in [2.24, 2.45) is 5.73 Å². The number of nitrogens with zero attached hydrogens (tertiary/aromatic N) is 1. The molecule has 5 heteroatoms. The lowest BCUT2D eigenvalue weighted by Gasteiger charge is -2.35. The van der Waals surface area contributed by atoms with Crippen LogP contribution in [0.2, 0.25) is 0 Å². The van der Waals surface area contributed by atoms with Gasteiger partial charge in [-0.3, -0.25) is 0 Å². The molecule has 1 aromatic carbocycles. The molecule has 0 spiro atoms. The van der Waals surface area contributed by atoms with Crippen LogP contribution in [0.25, 0.3) is 0 Å². The molecule has 1 fully saturated rings. The van der Waals surface area contributed by atoms with Crippen LogP contribution in [0, 0.1) is 0 Å². The molecule has 1 unspecified atom stereocenters. The molecule has 1 aliphatic heterocycles. The van der Waals surface area contributed by atoms with Crippen LogP contribution in [0.4, 0.5) is 0 Å². The molecule has 0 bridgehead atoms. The fraction of sp³-hybridized carbons (Fsp3) is 0.600. The van der Waals surface area contributed by atoms with Gasteiger partial charge in [0.05, 0.1) is 4.90 Å². The van der Waals surface area contributed by atoms with Crippen LogP contribution in [0.3, 0.4) is 0 Å². The van der Waals surface area contributed by atoms with Crippen LogP contribution in [-0.2, 0) is 16.6 Å². The third kappa shape index (κ3) is 3.05. The lowest BCUT2D eigenvalue weighted by atomic mass is 10.0. The minimum absolute atomic E-state index is 0.143. The predicted octanol–water partition coefficient (Wildman–Crippen LogP) is 2.49. The zero-order chi connectivity index (χ0) is 14.6. The molecular weight excluding hydrogens is 272 g/mol. The Bertz CT molecular complexity index is 541. The Balaban J connectivity index is 2.37. The van der Waals surface area contributed by atoms with Crippen molar-refractivity contribution in [3.63, 3.8) is 0 Å². The largest absolute Gasteiger partial charge is 0.326 e. The van der Waals surface area contributed by atoms with Crippen LogP contribution in [0.1, 0.15) is 44.6 Å². The van der Waals surface area contributed by atoms with Crippen LogP contribution >= 0.6 is 0 Å². The molecule has 0 aliphatic carbocycles. The summed E-state index contributed by atoms with van der Waals surface area (Å²) in [6.07, 6.45) is 4.98. The van der Waals surface area contributed by atoms with Gasteiger partial charge in [-0.1, -0.05) is 38.0 Å². The molecule has 1 atom stereocenters. The molecular formula is C15H24N2O2S. The summed E-state index contributed by atoms with van der Waals surface area (Å²) < 4.78 is 27.5. The van der Waals surface area contributed by atoms with Gasteiger partial charge >= 0.3 is 0 Å². The van der Waals surface area contributed by atoms with E-state index in [2.05, 4.69) is 6.92 Å². The topological polar surface area (TPSA) is 63.4 Å². The molecule has 1 aromatic rings. The first-order valence-electron chi connectivity index (χ1n) is 7.41. The molecule has 1 heterocycles. The van der Waals surface area contributed by atoms with Gasteiger partial charge in [0.15, 0.2) is 0 Å². The van der Waals surface area contributed by atoms with Crippen molar-refractivity contribution < 1.29 is 8.42 Å². The summed E-state index contributed by atoms with van der Waals surface area (Å²) in [5, 5.41) is 0. The van der Waals surface area contributed by atoms with E-state index in [9.17, 15) is 8.42 Å². The summed E-state index contributed by atoms with van der Waals surface area (Å²) in [6, 6.07) is 7.22. The summed E-state index contributed by atoms with van der Waals surface area (Å²) in [5.41, 5.74) is 6.39. The minimum Gasteiger partial charge on any atom is -0.326 e. The van der Waals surface area contributed by atoms with Gasteiger partial charge in [-0.05, 0) is 30.9 Å². The van der Waals surface area contributed by atoms with Gasteiger partial charge in [0.2, 0.25) is 10.0 Å². The Kier molecular flexibility index (Phi) is 5.18. The summed E-state index contributed by atoms with van der Waals surface area (Å²) in [4.78, 5) is 0.380. The van der Waals surface area contributed by atoms with E-state index in [1.807, 2.05) is 6.07 Å². The zero-order valence-corrected chi connectivity index (χ0v) is 12.9. The normalized spacial score (nSPS) is 21.0. The summed E-state index contributed by atoms with van der Waals surface area (Å²) in [6.45, 7) is 2.99. The number of hydrogen-bond acceptors (Lipinski definition) is 3. The Morgan fingerprint density at radius 2 is 2.05 bits per heavy atom. The Morgan fingerprint density at radius 1 is 1.30 bits per heavy atom. The smallest absolute Gasteiger partial charge is 0.243 e. The first-order chi connectivity index (χ1) is 9.61. The molecule has 0 saturated carbocycles. The molecule has 112 valence electrons. The third-order valence-electron chi connectivity index (χ3n) is 3.97. The lowest BCUT2D eigenvalue weighted by molar-refractivity contribution is 0.239. The van der Waals surface area contributed by atoms with E-state index < -0.39 is 10.0 Å². The second-order valence-corrected chi connectivity index (χ2v) is 7.22. The van der Waals surface area contributed by atoms with Gasteiger partial charge in [-0.15, -0.1) is 0 Å². The van der Waals surface area contributed by atoms with Crippen LogP contribution in [0.15, 0.2) is 29.2 Å². The Morgan fingerprint density at radius 3 is 2.75 bits per heavy atom. The predicted molar refractivity (Wildman–Crippen MR) is 80.8 cm³/mol. The van der Waals surface area contributed by atoms with E-state index in [0.29, 0.717) is 17.0 Å². The number of piperidine rings is 1. The molecule has 0 radical (unpaired) electrons. The molecule has 2 N–H and O–H groups in total. The van der Waals surface area contributed by atoms with Crippen LogP contribution in [-0.4, -0.2) is 25.3 Å². The van der Waals surface area contributed by atoms with E-state index in [1.165, 1.54) is 0 Å². The first-order valence-corrected chi connectivity index (χ1v) is 8.85. The maximum atomic E-state index is 12.9. The quantitative estimate of drug-likeness (QED) is 0.908. The van der Waals surface area contributed by atoms with Gasteiger partial charge in [0, 0.05) is 19.1 Å². The highest BCUT2D eigenvalue weighted by molar-refractivity contribution is 7.89. The van der Waals surface area contributed by atoms with Gasteiger partial charge in [0.1, 0.15) is 0 Å². The number of nitrogens with two attached hydrogens (primary N) is 1. The van der Waals surface area contributed by atoms with E-state index in [-0.39, 0.29) is 12.6 Å². The van der Waals surface area contributed by atoms with E-state index in [0.717, 1.165) is 32.1 Å². The van der Waals surface area contributed by atoms with Crippen molar-refractivity contribution in [1.29, 1.82) is 0 Å². The minimum atomic E-state index is -3.42. The number of hydrogen-bond donors (Lipinski definition) is 1. The SMILES string of the molecule is CCCC1CCCCN1S(=O)(=O)c1ccccc1CN. The molecule has 4 nitrogen and oxygen atoms in total. The highest BCUT2D eigenvalue weighted by Gasteiger charge is 2.33. The fourth-order valence-electron chi connectivity index (χ4n) is 2.96. The zero-order valence-electron chi connectivity index (χ0n) is 12.1. The van der Waals surface area contributed by atoms with Gasteiger partial charge in [-0.2, -0.15) is 4.31 Å². The Hall–Kier alpha value is -0.910. The molecule has 20 heavy (non-hydrogen) atoms. The van der Waals surface area contributed by atoms with Crippen molar-refractivity contribution in [1.82, 2.24) is 4.31 Å². The van der Waals surface area contributed by atoms with E-state index in [4.69, 9.17) is 5.73 Å². The molecule has 1 saturated heterocycles. The monoisotopic (exact) mass is 296 g/mol. The number of sulfonamides is 1. The average Bonchev–Trinajstić information content (AvgIpc) is 2.48. The average molecular weight is 296 g/mol. The van der Waals surface area contributed by atoms with Crippen molar-refractivity contribution >= 4 is 10.0 Å². The maximum Gasteiger partial charge on any atom is 0.243 e. The second kappa shape index (κ2) is 6.70. The highest BCUT2D eigenvalue weighted by atomic mass is 32.2. The van der Waals surface area contributed by atoms with Gasteiger partial charge in [0.25, 0.3) is 0 Å². The number of rotatable bonds is 5. The van der Waals surface area contributed by atoms with E-state index >= 15 is 0 Å². The standard InChI is InChI=1S/C15H24N2O2S/c1-2-7-14-9-5-6-11-17(14)20(18,19)15-10-4-3-8-13(15)12-16/h3-4,8,10,14H,2,5-7,9,11-12,16H2,1H3. The van der Waals surface area contributed by atoms with E-state index in [1.54, 1.807) is 22.5 Å². The number of benzene rings is 1. The van der Waals surface area contributed by atoms with Crippen molar-refractivity contribution in [2.45, 2.75) is 56.5 Å². The van der Waals surface area contributed by atoms with Gasteiger partial charge < -0.3 is 5.73 Å². The summed E-state index contributed by atoms with van der Waals surface area (Å²) in [7, 11) is -3.42. The summed E-state index contributed by atoms with van der Waals surface area (Å²) >= 11 is 0. The fourth-order valence-corrected chi connectivity index (χ4v) is 4.92. The van der Waals surface area contributed by atoms with Crippen LogP contribution < -0.4 is 5.73 Å². The summed E-state index contributed by atoms with van der Waals surface area (Å²) in [5.74, 6) is 0. The lowest BCUT2D eigenvalue weighted by Crippen LogP contribution is -2.43. The second-order valence-electron chi connectivity index (χ2n) is 5.37.